The van der Waals surface area contributed by atoms with Crippen LogP contribution in [0.5, 0.6) is 0 Å². The Hall–Kier alpha value is -3.35. The van der Waals surface area contributed by atoms with Crippen molar-refractivity contribution in [2.24, 2.45) is 0 Å². The van der Waals surface area contributed by atoms with E-state index in [4.69, 9.17) is 9.84 Å². The second-order valence-corrected chi connectivity index (χ2v) is 9.09. The molecule has 2 atom stereocenters. The summed E-state index contributed by atoms with van der Waals surface area (Å²) in [4.78, 5) is 38.0. The van der Waals surface area contributed by atoms with E-state index in [9.17, 15) is 14.4 Å². The highest BCUT2D eigenvalue weighted by Crippen LogP contribution is 2.44. The molecule has 1 unspecified atom stereocenters. The number of hydrogen-bond acceptors (Lipinski definition) is 4. The SMILES string of the molecule is CCC(CCC(=O)N1CCC[C@@H]1CC(=O)O)NC(=O)OCC1c2ccccc2-c2ccccc21. The first kappa shape index (κ1) is 23.8. The number of nitrogens with zero attached hydrogens (tertiary/aromatic N) is 1. The van der Waals surface area contributed by atoms with E-state index in [1.165, 1.54) is 11.1 Å². The fourth-order valence-electron chi connectivity index (χ4n) is 5.20. The van der Waals surface area contributed by atoms with Gasteiger partial charge in [0.1, 0.15) is 6.61 Å². The number of alkyl carbamates (subject to hydrolysis) is 1. The van der Waals surface area contributed by atoms with Crippen molar-refractivity contribution in [3.05, 3.63) is 59.7 Å². The number of likely N-dealkylation sites (tertiary alicyclic amines) is 1. The van der Waals surface area contributed by atoms with Crippen LogP contribution in [0.15, 0.2) is 48.5 Å². The van der Waals surface area contributed by atoms with Crippen LogP contribution in [0.3, 0.4) is 0 Å². The van der Waals surface area contributed by atoms with Crippen LogP contribution in [0.25, 0.3) is 11.1 Å². The van der Waals surface area contributed by atoms with Crippen molar-refractivity contribution in [1.82, 2.24) is 10.2 Å². The van der Waals surface area contributed by atoms with Gasteiger partial charge in [0.2, 0.25) is 5.91 Å². The molecule has 2 aliphatic rings. The molecule has 0 spiro atoms. The van der Waals surface area contributed by atoms with Crippen molar-refractivity contribution < 1.29 is 24.2 Å². The van der Waals surface area contributed by atoms with Crippen LogP contribution in [-0.2, 0) is 14.3 Å². The lowest BCUT2D eigenvalue weighted by atomic mass is 9.98. The average Bonchev–Trinajstić information content (AvgIpc) is 3.42. The molecule has 4 rings (SSSR count). The molecule has 0 saturated carbocycles. The van der Waals surface area contributed by atoms with Crippen molar-refractivity contribution in [3.8, 4) is 11.1 Å². The van der Waals surface area contributed by atoms with Gasteiger partial charge in [-0.1, -0.05) is 55.5 Å². The van der Waals surface area contributed by atoms with Crippen LogP contribution >= 0.6 is 0 Å². The maximum absolute atomic E-state index is 12.7. The number of benzene rings is 2. The predicted molar refractivity (Wildman–Crippen MR) is 129 cm³/mol. The van der Waals surface area contributed by atoms with E-state index < -0.39 is 12.1 Å². The number of amides is 2. The summed E-state index contributed by atoms with van der Waals surface area (Å²) >= 11 is 0. The molecule has 2 aromatic rings. The van der Waals surface area contributed by atoms with E-state index in [0.717, 1.165) is 24.0 Å². The Bertz CT molecular complexity index is 1010. The van der Waals surface area contributed by atoms with Gasteiger partial charge in [-0.2, -0.15) is 0 Å². The Morgan fingerprint density at radius 3 is 2.35 bits per heavy atom. The highest BCUT2D eigenvalue weighted by molar-refractivity contribution is 5.79. The first-order valence-electron chi connectivity index (χ1n) is 12.1. The molecule has 2 aromatic carbocycles. The Morgan fingerprint density at radius 1 is 1.09 bits per heavy atom. The summed E-state index contributed by atoms with van der Waals surface area (Å²) < 4.78 is 5.63. The molecule has 1 heterocycles. The van der Waals surface area contributed by atoms with Crippen LogP contribution in [-0.4, -0.2) is 53.2 Å². The Labute approximate surface area is 200 Å². The van der Waals surface area contributed by atoms with Gasteiger partial charge >= 0.3 is 12.1 Å². The number of aliphatic carboxylic acids is 1. The number of carboxylic acid groups (broad SMARTS) is 1. The number of carbonyl (C=O) groups is 3. The topological polar surface area (TPSA) is 95.9 Å². The van der Waals surface area contributed by atoms with E-state index in [2.05, 4.69) is 29.6 Å². The van der Waals surface area contributed by atoms with Gasteiger partial charge in [0.25, 0.3) is 0 Å². The second kappa shape index (κ2) is 10.7. The van der Waals surface area contributed by atoms with Gasteiger partial charge in [-0.15, -0.1) is 0 Å². The van der Waals surface area contributed by atoms with Crippen molar-refractivity contribution in [2.45, 2.75) is 63.5 Å². The number of ether oxygens (including phenoxy) is 1. The Morgan fingerprint density at radius 2 is 1.74 bits per heavy atom. The lowest BCUT2D eigenvalue weighted by Gasteiger charge is -2.25. The van der Waals surface area contributed by atoms with Crippen LogP contribution in [0.2, 0.25) is 0 Å². The van der Waals surface area contributed by atoms with Crippen molar-refractivity contribution in [2.75, 3.05) is 13.2 Å². The highest BCUT2D eigenvalue weighted by atomic mass is 16.5. The van der Waals surface area contributed by atoms with Gasteiger partial charge in [-0.05, 0) is 47.9 Å². The third-order valence-corrected chi connectivity index (χ3v) is 6.97. The summed E-state index contributed by atoms with van der Waals surface area (Å²) in [5.74, 6) is -0.925. The number of rotatable bonds is 9. The van der Waals surface area contributed by atoms with E-state index in [1.807, 2.05) is 31.2 Å². The molecule has 1 fully saturated rings. The zero-order chi connectivity index (χ0) is 24.1. The van der Waals surface area contributed by atoms with E-state index >= 15 is 0 Å². The molecule has 0 aromatic heterocycles. The van der Waals surface area contributed by atoms with Gasteiger partial charge in [0.15, 0.2) is 0 Å². The Balaban J connectivity index is 1.29. The zero-order valence-corrected chi connectivity index (χ0v) is 19.5. The van der Waals surface area contributed by atoms with Gasteiger partial charge in [0.05, 0.1) is 6.42 Å². The monoisotopic (exact) mass is 464 g/mol. The standard InChI is InChI=1S/C27H32N2O5/c1-2-18(13-14-25(30)29-15-7-8-19(29)16-26(31)32)28-27(33)34-17-24-22-11-5-3-9-20(22)21-10-4-6-12-23(21)24/h3-6,9-12,18-19,24H,2,7-8,13-17H2,1H3,(H,28,33)(H,31,32)/t18?,19-/m1/s1. The number of nitrogens with one attached hydrogen (secondary N) is 1. The molecule has 2 N–H and O–H groups in total. The minimum Gasteiger partial charge on any atom is -0.481 e. The molecule has 7 nitrogen and oxygen atoms in total. The fraction of sp³-hybridized carbons (Fsp3) is 0.444. The average molecular weight is 465 g/mol. The van der Waals surface area contributed by atoms with Crippen molar-refractivity contribution in [1.29, 1.82) is 0 Å². The molecule has 1 aliphatic heterocycles. The number of carbonyl (C=O) groups excluding carboxylic acids is 2. The molecule has 7 heteroatoms. The molecule has 1 saturated heterocycles. The first-order chi connectivity index (χ1) is 16.5. The number of carboxylic acids is 1. The first-order valence-corrected chi connectivity index (χ1v) is 12.1. The smallest absolute Gasteiger partial charge is 0.407 e. The van der Waals surface area contributed by atoms with Crippen molar-refractivity contribution >= 4 is 18.0 Å². The van der Waals surface area contributed by atoms with E-state index in [1.54, 1.807) is 4.90 Å². The number of hydrogen-bond donors (Lipinski definition) is 2. The zero-order valence-electron chi connectivity index (χ0n) is 19.5. The molecule has 34 heavy (non-hydrogen) atoms. The van der Waals surface area contributed by atoms with Crippen molar-refractivity contribution in [3.63, 3.8) is 0 Å². The molecular weight excluding hydrogens is 432 g/mol. The molecule has 180 valence electrons. The van der Waals surface area contributed by atoms with Gasteiger partial charge in [-0.25, -0.2) is 4.79 Å². The van der Waals surface area contributed by atoms with E-state index in [-0.39, 0.29) is 43.4 Å². The highest BCUT2D eigenvalue weighted by Gasteiger charge is 2.31. The molecule has 1 aliphatic carbocycles. The lowest BCUT2D eigenvalue weighted by Crippen LogP contribution is -2.39. The van der Waals surface area contributed by atoms with Crippen LogP contribution in [0, 0.1) is 0 Å². The maximum atomic E-state index is 12.7. The molecule has 0 radical (unpaired) electrons. The normalized spacial score (nSPS) is 17.7. The summed E-state index contributed by atoms with van der Waals surface area (Å²) in [6.07, 6.45) is 2.52. The molecular formula is C27H32N2O5. The van der Waals surface area contributed by atoms with Crippen LogP contribution < -0.4 is 5.32 Å². The summed E-state index contributed by atoms with van der Waals surface area (Å²) in [6, 6.07) is 16.0. The van der Waals surface area contributed by atoms with Gasteiger partial charge in [-0.3, -0.25) is 9.59 Å². The quantitative estimate of drug-likeness (QED) is 0.568. The lowest BCUT2D eigenvalue weighted by molar-refractivity contribution is -0.140. The summed E-state index contributed by atoms with van der Waals surface area (Å²) in [6.45, 7) is 2.81. The van der Waals surface area contributed by atoms with Gasteiger partial charge in [0, 0.05) is 31.0 Å². The Kier molecular flexibility index (Phi) is 7.50. The molecule has 2 amide bonds. The van der Waals surface area contributed by atoms with Crippen LogP contribution in [0.1, 0.15) is 62.5 Å². The summed E-state index contributed by atoms with van der Waals surface area (Å²) in [7, 11) is 0. The summed E-state index contributed by atoms with van der Waals surface area (Å²) in [5, 5.41) is 12.0. The molecule has 0 bridgehead atoms. The summed E-state index contributed by atoms with van der Waals surface area (Å²) in [5.41, 5.74) is 4.69. The third-order valence-electron chi connectivity index (χ3n) is 6.97. The number of fused-ring (bicyclic) bond motifs is 3. The van der Waals surface area contributed by atoms with Crippen LogP contribution in [0.4, 0.5) is 4.79 Å². The van der Waals surface area contributed by atoms with Gasteiger partial charge < -0.3 is 20.1 Å². The largest absolute Gasteiger partial charge is 0.481 e. The fourth-order valence-corrected chi connectivity index (χ4v) is 5.20. The third kappa shape index (κ3) is 5.24. The predicted octanol–water partition coefficient (Wildman–Crippen LogP) is 4.55. The second-order valence-electron chi connectivity index (χ2n) is 9.09. The van der Waals surface area contributed by atoms with E-state index in [0.29, 0.717) is 19.4 Å². The maximum Gasteiger partial charge on any atom is 0.407 e. The minimum atomic E-state index is -0.881. The minimum absolute atomic E-state index is 0.00106.